The van der Waals surface area contributed by atoms with E-state index in [0.717, 1.165) is 43.2 Å². The minimum atomic E-state index is -4.70. The molecule has 1 amide bonds. The highest BCUT2D eigenvalue weighted by Crippen LogP contribution is 2.30. The second kappa shape index (κ2) is 9.62. The zero-order chi connectivity index (χ0) is 23.4. The van der Waals surface area contributed by atoms with Crippen molar-refractivity contribution in [3.8, 4) is 0 Å². The van der Waals surface area contributed by atoms with Gasteiger partial charge in [-0.3, -0.25) is 9.59 Å². The van der Waals surface area contributed by atoms with Crippen molar-refractivity contribution in [3.05, 3.63) is 105 Å². The molecule has 4 rings (SSSR count). The largest absolute Gasteiger partial charge is 0.431 e. The van der Waals surface area contributed by atoms with Gasteiger partial charge in [0.1, 0.15) is 11.3 Å². The minimum Gasteiger partial charge on any atom is -0.381 e. The smallest absolute Gasteiger partial charge is 0.381 e. The van der Waals surface area contributed by atoms with E-state index in [4.69, 9.17) is 4.74 Å². The Morgan fingerprint density at radius 1 is 0.939 bits per heavy atom. The summed E-state index contributed by atoms with van der Waals surface area (Å²) in [6.45, 7) is 1.47. The van der Waals surface area contributed by atoms with Crippen LogP contribution >= 0.6 is 0 Å². The van der Waals surface area contributed by atoms with Gasteiger partial charge in [0.25, 0.3) is 11.5 Å². The second-order valence-electron chi connectivity index (χ2n) is 7.98. The standard InChI is InChI=1S/C25H23F3N2O3/c26-25(27,28)21-11-10-20(23(31)29-21)24(32)30-22(18-4-2-1-3-5-18)19-8-6-16(7-9-19)17-12-14-33-15-13-17/h1-11,17,22H,12-15H2,(H,29,31)(H,30,32). The Kier molecular flexibility index (Phi) is 6.65. The number of halogens is 3. The maximum atomic E-state index is 12.9. The minimum absolute atomic E-state index is 0.386. The molecular formula is C25H23F3N2O3. The van der Waals surface area contributed by atoms with Crippen LogP contribution in [-0.4, -0.2) is 24.1 Å². The predicted molar refractivity (Wildman–Crippen MR) is 117 cm³/mol. The number of hydrogen-bond donors (Lipinski definition) is 2. The maximum Gasteiger partial charge on any atom is 0.431 e. The fourth-order valence-electron chi connectivity index (χ4n) is 4.02. The zero-order valence-electron chi connectivity index (χ0n) is 17.7. The van der Waals surface area contributed by atoms with Gasteiger partial charge in [-0.2, -0.15) is 13.2 Å². The van der Waals surface area contributed by atoms with Gasteiger partial charge in [-0.1, -0.05) is 54.6 Å². The van der Waals surface area contributed by atoms with Gasteiger partial charge in [-0.25, -0.2) is 0 Å². The Bertz CT molecular complexity index is 1150. The number of pyridine rings is 1. The van der Waals surface area contributed by atoms with E-state index in [0.29, 0.717) is 12.0 Å². The molecule has 172 valence electrons. The quantitative estimate of drug-likeness (QED) is 0.579. The molecule has 1 aliphatic rings. The third kappa shape index (κ3) is 5.34. The summed E-state index contributed by atoms with van der Waals surface area (Å²) in [4.78, 5) is 26.8. The topological polar surface area (TPSA) is 71.2 Å². The number of alkyl halides is 3. The molecule has 0 aliphatic carbocycles. The average Bonchev–Trinajstić information content (AvgIpc) is 2.83. The average molecular weight is 456 g/mol. The molecule has 1 atom stereocenters. The lowest BCUT2D eigenvalue weighted by Crippen LogP contribution is -2.34. The third-order valence-corrected chi connectivity index (χ3v) is 5.83. The summed E-state index contributed by atoms with van der Waals surface area (Å²) in [5.41, 5.74) is 0.0974. The van der Waals surface area contributed by atoms with Crippen molar-refractivity contribution in [2.45, 2.75) is 31.0 Å². The molecule has 1 aromatic heterocycles. The van der Waals surface area contributed by atoms with Gasteiger partial charge >= 0.3 is 6.18 Å². The SMILES string of the molecule is O=C(NC(c1ccccc1)c1ccc(C2CCOCC2)cc1)c1ccc(C(F)(F)F)[nH]c1=O. The highest BCUT2D eigenvalue weighted by molar-refractivity contribution is 5.94. The number of hydrogen-bond acceptors (Lipinski definition) is 3. The number of aromatic amines is 1. The molecule has 0 bridgehead atoms. The highest BCUT2D eigenvalue weighted by Gasteiger charge is 2.32. The molecule has 3 aromatic rings. The van der Waals surface area contributed by atoms with Crippen molar-refractivity contribution in [2.75, 3.05) is 13.2 Å². The number of rotatable bonds is 5. The summed E-state index contributed by atoms with van der Waals surface area (Å²) in [5.74, 6) is -0.337. The van der Waals surface area contributed by atoms with Crippen molar-refractivity contribution in [1.82, 2.24) is 10.3 Å². The fourth-order valence-corrected chi connectivity index (χ4v) is 4.02. The Hall–Kier alpha value is -3.39. The second-order valence-corrected chi connectivity index (χ2v) is 7.98. The van der Waals surface area contributed by atoms with E-state index in [-0.39, 0.29) is 5.56 Å². The number of nitrogens with one attached hydrogen (secondary N) is 2. The van der Waals surface area contributed by atoms with Gasteiger partial charge in [-0.15, -0.1) is 0 Å². The Balaban J connectivity index is 1.61. The molecule has 1 unspecified atom stereocenters. The fraction of sp³-hybridized carbons (Fsp3) is 0.280. The monoisotopic (exact) mass is 456 g/mol. The lowest BCUT2D eigenvalue weighted by Gasteiger charge is -2.24. The Morgan fingerprint density at radius 2 is 1.58 bits per heavy atom. The third-order valence-electron chi connectivity index (χ3n) is 5.83. The molecule has 2 aromatic carbocycles. The van der Waals surface area contributed by atoms with E-state index < -0.39 is 29.4 Å². The van der Waals surface area contributed by atoms with Crippen LogP contribution in [0, 0.1) is 0 Å². The van der Waals surface area contributed by atoms with Crippen LogP contribution in [0.15, 0.2) is 71.5 Å². The number of H-pyrrole nitrogens is 1. The van der Waals surface area contributed by atoms with E-state index in [2.05, 4.69) is 5.32 Å². The van der Waals surface area contributed by atoms with Crippen LogP contribution in [-0.2, 0) is 10.9 Å². The summed E-state index contributed by atoms with van der Waals surface area (Å²) in [5, 5.41) is 2.80. The summed E-state index contributed by atoms with van der Waals surface area (Å²) < 4.78 is 44.0. The molecule has 5 nitrogen and oxygen atoms in total. The Labute approximate surface area is 188 Å². The molecule has 0 saturated carbocycles. The first-order valence-electron chi connectivity index (χ1n) is 10.7. The normalized spacial score (nSPS) is 15.7. The number of amides is 1. The number of carbonyl (C=O) groups excluding carboxylic acids is 1. The van der Waals surface area contributed by atoms with E-state index in [9.17, 15) is 22.8 Å². The lowest BCUT2D eigenvalue weighted by molar-refractivity contribution is -0.141. The van der Waals surface area contributed by atoms with E-state index in [1.807, 2.05) is 54.6 Å². The van der Waals surface area contributed by atoms with E-state index in [1.165, 1.54) is 5.56 Å². The van der Waals surface area contributed by atoms with Crippen molar-refractivity contribution in [3.63, 3.8) is 0 Å². The number of carbonyl (C=O) groups is 1. The lowest BCUT2D eigenvalue weighted by atomic mass is 9.89. The van der Waals surface area contributed by atoms with Crippen LogP contribution in [0.4, 0.5) is 13.2 Å². The molecule has 1 fully saturated rings. The van der Waals surface area contributed by atoms with Gasteiger partial charge in [0.15, 0.2) is 0 Å². The maximum absolute atomic E-state index is 12.9. The van der Waals surface area contributed by atoms with Crippen LogP contribution < -0.4 is 10.9 Å². The molecular weight excluding hydrogens is 433 g/mol. The molecule has 1 aliphatic heterocycles. The molecule has 0 spiro atoms. The van der Waals surface area contributed by atoms with Gasteiger partial charge in [0.2, 0.25) is 0 Å². The van der Waals surface area contributed by atoms with Crippen LogP contribution in [0.5, 0.6) is 0 Å². The molecule has 33 heavy (non-hydrogen) atoms. The molecule has 0 radical (unpaired) electrons. The summed E-state index contributed by atoms with van der Waals surface area (Å²) in [6, 6.07) is 18.1. The summed E-state index contributed by atoms with van der Waals surface area (Å²) in [7, 11) is 0. The van der Waals surface area contributed by atoms with Crippen molar-refractivity contribution in [2.24, 2.45) is 0 Å². The first-order chi connectivity index (χ1) is 15.8. The zero-order valence-corrected chi connectivity index (χ0v) is 17.7. The van der Waals surface area contributed by atoms with Crippen LogP contribution in [0.25, 0.3) is 0 Å². The number of benzene rings is 2. The molecule has 8 heteroatoms. The molecule has 2 N–H and O–H groups in total. The van der Waals surface area contributed by atoms with Gasteiger partial charge in [-0.05, 0) is 47.6 Å². The summed E-state index contributed by atoms with van der Waals surface area (Å²) >= 11 is 0. The van der Waals surface area contributed by atoms with E-state index >= 15 is 0 Å². The number of ether oxygens (including phenoxy) is 1. The molecule has 2 heterocycles. The van der Waals surface area contributed by atoms with Crippen LogP contribution in [0.3, 0.4) is 0 Å². The number of aromatic nitrogens is 1. The van der Waals surface area contributed by atoms with Crippen molar-refractivity contribution >= 4 is 5.91 Å². The van der Waals surface area contributed by atoms with Gasteiger partial charge in [0.05, 0.1) is 6.04 Å². The van der Waals surface area contributed by atoms with Gasteiger partial charge < -0.3 is 15.0 Å². The van der Waals surface area contributed by atoms with Crippen LogP contribution in [0.1, 0.15) is 57.5 Å². The molecule has 1 saturated heterocycles. The van der Waals surface area contributed by atoms with Crippen molar-refractivity contribution in [1.29, 1.82) is 0 Å². The summed E-state index contributed by atoms with van der Waals surface area (Å²) in [6.07, 6.45) is -2.79. The highest BCUT2D eigenvalue weighted by atomic mass is 19.4. The predicted octanol–water partition coefficient (Wildman–Crippen LogP) is 4.81. The first-order valence-corrected chi connectivity index (χ1v) is 10.7. The van der Waals surface area contributed by atoms with E-state index in [1.54, 1.807) is 4.98 Å². The van der Waals surface area contributed by atoms with Crippen LogP contribution in [0.2, 0.25) is 0 Å². The Morgan fingerprint density at radius 3 is 2.18 bits per heavy atom. The first kappa shape index (κ1) is 22.8. The van der Waals surface area contributed by atoms with Crippen molar-refractivity contribution < 1.29 is 22.7 Å². The van der Waals surface area contributed by atoms with Gasteiger partial charge in [0, 0.05) is 13.2 Å².